The van der Waals surface area contributed by atoms with Crippen molar-refractivity contribution in [2.24, 2.45) is 11.8 Å². The monoisotopic (exact) mass is 251 g/mol. The predicted octanol–water partition coefficient (Wildman–Crippen LogP) is 3.42. The average Bonchev–Trinajstić information content (AvgIpc) is 2.31. The van der Waals surface area contributed by atoms with E-state index < -0.39 is 0 Å². The predicted molar refractivity (Wildman–Crippen MR) is 72.0 cm³/mol. The molecule has 2 nitrogen and oxygen atoms in total. The van der Waals surface area contributed by atoms with Gasteiger partial charge in [0.1, 0.15) is 5.82 Å². The molecule has 1 aliphatic carbocycles. The maximum absolute atomic E-state index is 13.7. The molecule has 0 heterocycles. The van der Waals surface area contributed by atoms with Crippen molar-refractivity contribution >= 4 is 5.69 Å². The van der Waals surface area contributed by atoms with Crippen molar-refractivity contribution in [3.8, 4) is 0 Å². The maximum atomic E-state index is 13.7. The van der Waals surface area contributed by atoms with Crippen molar-refractivity contribution in [3.63, 3.8) is 0 Å². The minimum Gasteiger partial charge on any atom is -0.394 e. The van der Waals surface area contributed by atoms with E-state index in [0.29, 0.717) is 17.5 Å². The second-order valence-corrected chi connectivity index (χ2v) is 5.90. The van der Waals surface area contributed by atoms with Crippen LogP contribution >= 0.6 is 0 Å². The number of hydrogen-bond donors (Lipinski definition) is 2. The van der Waals surface area contributed by atoms with Crippen molar-refractivity contribution < 1.29 is 9.50 Å². The molecule has 2 rings (SSSR count). The van der Waals surface area contributed by atoms with Crippen LogP contribution in [-0.2, 0) is 0 Å². The molecule has 18 heavy (non-hydrogen) atoms. The minimum atomic E-state index is -0.376. The van der Waals surface area contributed by atoms with Crippen LogP contribution in [0.15, 0.2) is 24.3 Å². The first-order valence-electron chi connectivity index (χ1n) is 6.68. The number of halogens is 1. The fourth-order valence-corrected chi connectivity index (χ4v) is 3.39. The molecule has 1 aromatic carbocycles. The Morgan fingerprint density at radius 2 is 1.89 bits per heavy atom. The number of aliphatic hydroxyl groups is 1. The van der Waals surface area contributed by atoms with Gasteiger partial charge in [0.15, 0.2) is 0 Å². The summed E-state index contributed by atoms with van der Waals surface area (Å²) in [7, 11) is 0. The molecule has 1 fully saturated rings. The lowest BCUT2D eigenvalue weighted by atomic mass is 9.72. The summed E-state index contributed by atoms with van der Waals surface area (Å²) in [4.78, 5) is 0. The molecule has 2 N–H and O–H groups in total. The summed E-state index contributed by atoms with van der Waals surface area (Å²) in [5.74, 6) is 0.858. The first-order valence-corrected chi connectivity index (χ1v) is 6.68. The van der Waals surface area contributed by atoms with Gasteiger partial charge in [-0.15, -0.1) is 0 Å². The Kier molecular flexibility index (Phi) is 3.91. The van der Waals surface area contributed by atoms with Gasteiger partial charge in [-0.25, -0.2) is 4.39 Å². The molecule has 1 aliphatic rings. The zero-order chi connectivity index (χ0) is 13.2. The average molecular weight is 251 g/mol. The Labute approximate surface area is 108 Å². The van der Waals surface area contributed by atoms with Crippen LogP contribution in [0.5, 0.6) is 0 Å². The smallest absolute Gasteiger partial charge is 0.146 e. The fraction of sp³-hybridized carbons (Fsp3) is 0.600. The van der Waals surface area contributed by atoms with Crippen LogP contribution in [0.2, 0.25) is 0 Å². The highest BCUT2D eigenvalue weighted by Gasteiger charge is 2.37. The normalized spacial score (nSPS) is 32.2. The summed E-state index contributed by atoms with van der Waals surface area (Å²) < 4.78 is 13.7. The number of aliphatic hydroxyl groups excluding tert-OH is 1. The van der Waals surface area contributed by atoms with Crippen LogP contribution < -0.4 is 5.32 Å². The lowest BCUT2D eigenvalue weighted by Gasteiger charge is -2.43. The molecule has 1 aromatic rings. The van der Waals surface area contributed by atoms with Crippen LogP contribution in [0.1, 0.15) is 33.1 Å². The van der Waals surface area contributed by atoms with Gasteiger partial charge in [0.05, 0.1) is 17.8 Å². The highest BCUT2D eigenvalue weighted by Crippen LogP contribution is 2.38. The quantitative estimate of drug-likeness (QED) is 0.862. The summed E-state index contributed by atoms with van der Waals surface area (Å²) >= 11 is 0. The van der Waals surface area contributed by atoms with Gasteiger partial charge in [0.2, 0.25) is 0 Å². The summed E-state index contributed by atoms with van der Waals surface area (Å²) in [6, 6.07) is 6.67. The standard InChI is InChI=1S/C15H22FNO/c1-11-7-12(2)9-15(8-11,10-18)17-14-6-4-3-5-13(14)16/h3-6,11-12,17-18H,7-10H2,1-2H3. The van der Waals surface area contributed by atoms with E-state index in [1.54, 1.807) is 12.1 Å². The number of nitrogens with one attached hydrogen (secondary N) is 1. The zero-order valence-electron chi connectivity index (χ0n) is 11.1. The molecule has 0 aromatic heterocycles. The Morgan fingerprint density at radius 1 is 1.28 bits per heavy atom. The summed E-state index contributed by atoms with van der Waals surface area (Å²) in [5, 5.41) is 13.0. The van der Waals surface area contributed by atoms with Gasteiger partial charge in [0, 0.05) is 0 Å². The van der Waals surface area contributed by atoms with Crippen LogP contribution in [-0.4, -0.2) is 17.3 Å². The van der Waals surface area contributed by atoms with E-state index in [0.717, 1.165) is 12.8 Å². The van der Waals surface area contributed by atoms with Gasteiger partial charge >= 0.3 is 0 Å². The minimum absolute atomic E-state index is 0.0516. The number of hydrogen-bond acceptors (Lipinski definition) is 2. The van der Waals surface area contributed by atoms with Crippen molar-refractivity contribution in [2.45, 2.75) is 38.6 Å². The summed E-state index contributed by atoms with van der Waals surface area (Å²) in [5.41, 5.74) is 0.118. The van der Waals surface area contributed by atoms with Crippen molar-refractivity contribution in [1.29, 1.82) is 0 Å². The molecule has 0 bridgehead atoms. The van der Waals surface area contributed by atoms with Crippen molar-refractivity contribution in [3.05, 3.63) is 30.1 Å². The number of rotatable bonds is 3. The van der Waals surface area contributed by atoms with E-state index in [9.17, 15) is 9.50 Å². The largest absolute Gasteiger partial charge is 0.394 e. The molecular weight excluding hydrogens is 229 g/mol. The SMILES string of the molecule is CC1CC(C)CC(CO)(Nc2ccccc2F)C1. The van der Waals surface area contributed by atoms with Gasteiger partial charge in [-0.3, -0.25) is 0 Å². The third-order valence-corrected chi connectivity index (χ3v) is 3.86. The van der Waals surface area contributed by atoms with Gasteiger partial charge in [-0.05, 0) is 43.2 Å². The van der Waals surface area contributed by atoms with Crippen molar-refractivity contribution in [2.75, 3.05) is 11.9 Å². The van der Waals surface area contributed by atoms with E-state index in [4.69, 9.17) is 0 Å². The fourth-order valence-electron chi connectivity index (χ4n) is 3.39. The zero-order valence-corrected chi connectivity index (χ0v) is 11.1. The molecule has 0 amide bonds. The van der Waals surface area contributed by atoms with Gasteiger partial charge in [-0.1, -0.05) is 26.0 Å². The number of benzene rings is 1. The first-order chi connectivity index (χ1) is 8.54. The van der Waals surface area contributed by atoms with E-state index in [2.05, 4.69) is 19.2 Å². The molecule has 0 saturated heterocycles. The highest BCUT2D eigenvalue weighted by molar-refractivity contribution is 5.47. The van der Waals surface area contributed by atoms with E-state index in [-0.39, 0.29) is 18.0 Å². The van der Waals surface area contributed by atoms with Crippen molar-refractivity contribution in [1.82, 2.24) is 0 Å². The van der Waals surface area contributed by atoms with Crippen LogP contribution in [0.4, 0.5) is 10.1 Å². The van der Waals surface area contributed by atoms with Gasteiger partial charge in [0.25, 0.3) is 0 Å². The Bertz CT molecular complexity index is 397. The Morgan fingerprint density at radius 3 is 2.44 bits per heavy atom. The lowest BCUT2D eigenvalue weighted by molar-refractivity contribution is 0.122. The molecule has 3 heteroatoms. The van der Waals surface area contributed by atoms with Gasteiger partial charge < -0.3 is 10.4 Å². The van der Waals surface area contributed by atoms with Gasteiger partial charge in [-0.2, -0.15) is 0 Å². The molecule has 0 radical (unpaired) electrons. The molecule has 0 spiro atoms. The number of para-hydroxylation sites is 1. The van der Waals surface area contributed by atoms with Crippen LogP contribution in [0, 0.1) is 17.7 Å². The lowest BCUT2D eigenvalue weighted by Crippen LogP contribution is -2.48. The molecule has 2 unspecified atom stereocenters. The maximum Gasteiger partial charge on any atom is 0.146 e. The second kappa shape index (κ2) is 5.27. The topological polar surface area (TPSA) is 32.3 Å². The summed E-state index contributed by atoms with van der Waals surface area (Å²) in [6.45, 7) is 4.45. The summed E-state index contributed by atoms with van der Waals surface area (Å²) in [6.07, 6.45) is 2.96. The Balaban J connectivity index is 2.20. The first kappa shape index (κ1) is 13.3. The molecular formula is C15H22FNO. The van der Waals surface area contributed by atoms with Crippen LogP contribution in [0.3, 0.4) is 0 Å². The third kappa shape index (κ3) is 2.83. The van der Waals surface area contributed by atoms with E-state index >= 15 is 0 Å². The Hall–Kier alpha value is -1.09. The molecule has 0 aliphatic heterocycles. The number of anilines is 1. The van der Waals surface area contributed by atoms with Crippen LogP contribution in [0.25, 0.3) is 0 Å². The van der Waals surface area contributed by atoms with E-state index in [1.807, 2.05) is 6.07 Å². The second-order valence-electron chi connectivity index (χ2n) is 5.90. The molecule has 2 atom stereocenters. The molecule has 100 valence electrons. The molecule has 1 saturated carbocycles. The highest BCUT2D eigenvalue weighted by atomic mass is 19.1. The third-order valence-electron chi connectivity index (χ3n) is 3.86. The van der Waals surface area contributed by atoms with E-state index in [1.165, 1.54) is 12.5 Å².